The summed E-state index contributed by atoms with van der Waals surface area (Å²) in [7, 11) is 4.00. The fourth-order valence-corrected chi connectivity index (χ4v) is 2.11. The molecule has 0 bridgehead atoms. The largest absolute Gasteiger partial charge is 0.468 e. The van der Waals surface area contributed by atoms with Crippen molar-refractivity contribution in [1.29, 1.82) is 0 Å². The Bertz CT molecular complexity index is 564. The van der Waals surface area contributed by atoms with E-state index in [9.17, 15) is 10.1 Å². The summed E-state index contributed by atoms with van der Waals surface area (Å²) in [4.78, 5) is 12.3. The van der Waals surface area contributed by atoms with E-state index < -0.39 is 4.92 Å². The maximum Gasteiger partial charge on any atom is 0.269 e. The van der Waals surface area contributed by atoms with Crippen LogP contribution in [0, 0.1) is 10.1 Å². The lowest BCUT2D eigenvalue weighted by Gasteiger charge is -2.22. The summed E-state index contributed by atoms with van der Waals surface area (Å²) in [5, 5.41) is 13.9. The molecule has 21 heavy (non-hydrogen) atoms. The van der Waals surface area contributed by atoms with Gasteiger partial charge in [-0.15, -0.1) is 0 Å². The van der Waals surface area contributed by atoms with Crippen molar-refractivity contribution in [1.82, 2.24) is 10.2 Å². The maximum absolute atomic E-state index is 10.6. The van der Waals surface area contributed by atoms with Gasteiger partial charge in [-0.25, -0.2) is 0 Å². The van der Waals surface area contributed by atoms with Gasteiger partial charge in [-0.3, -0.25) is 15.0 Å². The first kappa shape index (κ1) is 15.2. The molecule has 2 rings (SSSR count). The zero-order valence-corrected chi connectivity index (χ0v) is 12.2. The van der Waals surface area contributed by atoms with Crippen LogP contribution in [0.25, 0.3) is 0 Å². The molecule has 0 fully saturated rings. The minimum Gasteiger partial charge on any atom is -0.468 e. The minimum absolute atomic E-state index is 0.112. The molecule has 1 heterocycles. The van der Waals surface area contributed by atoms with Gasteiger partial charge in [0.15, 0.2) is 0 Å². The fraction of sp³-hybridized carbons (Fsp3) is 0.333. The Kier molecular flexibility index (Phi) is 5.08. The van der Waals surface area contributed by atoms with Crippen LogP contribution < -0.4 is 5.32 Å². The van der Waals surface area contributed by atoms with Crippen LogP contribution in [0.1, 0.15) is 17.4 Å². The Morgan fingerprint density at radius 2 is 2.00 bits per heavy atom. The van der Waals surface area contributed by atoms with Crippen LogP contribution in [0.5, 0.6) is 0 Å². The number of nitro benzene ring substituents is 1. The van der Waals surface area contributed by atoms with Gasteiger partial charge in [-0.1, -0.05) is 12.1 Å². The maximum atomic E-state index is 10.6. The lowest BCUT2D eigenvalue weighted by Crippen LogP contribution is -2.30. The van der Waals surface area contributed by atoms with Gasteiger partial charge in [0.2, 0.25) is 0 Å². The van der Waals surface area contributed by atoms with Gasteiger partial charge in [0, 0.05) is 25.2 Å². The molecular formula is C15H19N3O3. The van der Waals surface area contributed by atoms with E-state index in [1.807, 2.05) is 26.2 Å². The third-order valence-corrected chi connectivity index (χ3v) is 3.31. The molecule has 1 atom stereocenters. The minimum atomic E-state index is -0.393. The Morgan fingerprint density at radius 1 is 1.29 bits per heavy atom. The van der Waals surface area contributed by atoms with E-state index in [2.05, 4.69) is 10.2 Å². The van der Waals surface area contributed by atoms with Crippen LogP contribution in [0.2, 0.25) is 0 Å². The van der Waals surface area contributed by atoms with E-state index in [-0.39, 0.29) is 11.7 Å². The zero-order chi connectivity index (χ0) is 15.2. The average Bonchev–Trinajstić information content (AvgIpc) is 2.97. The van der Waals surface area contributed by atoms with E-state index in [1.165, 1.54) is 12.1 Å². The lowest BCUT2D eigenvalue weighted by molar-refractivity contribution is -0.384. The first-order valence-corrected chi connectivity index (χ1v) is 6.72. The van der Waals surface area contributed by atoms with E-state index >= 15 is 0 Å². The molecule has 112 valence electrons. The summed E-state index contributed by atoms with van der Waals surface area (Å²) < 4.78 is 5.45. The van der Waals surface area contributed by atoms with E-state index in [4.69, 9.17) is 4.42 Å². The summed E-state index contributed by atoms with van der Waals surface area (Å²) in [5.74, 6) is 0.913. The topological polar surface area (TPSA) is 71.5 Å². The SMILES string of the molecule is CN(C)C(CNCc1ccc([N+](=O)[O-])cc1)c1ccco1. The molecule has 6 nitrogen and oxygen atoms in total. The van der Waals surface area contributed by atoms with Gasteiger partial charge in [-0.2, -0.15) is 0 Å². The van der Waals surface area contributed by atoms with Crippen LogP contribution in [0.3, 0.4) is 0 Å². The fourth-order valence-electron chi connectivity index (χ4n) is 2.11. The number of likely N-dealkylation sites (N-methyl/N-ethyl adjacent to an activating group) is 1. The van der Waals surface area contributed by atoms with Crippen LogP contribution in [-0.2, 0) is 6.54 Å². The number of nitrogens with one attached hydrogen (secondary N) is 1. The lowest BCUT2D eigenvalue weighted by atomic mass is 10.2. The van der Waals surface area contributed by atoms with Gasteiger partial charge in [-0.05, 0) is 31.8 Å². The molecule has 0 saturated heterocycles. The molecule has 0 radical (unpaired) electrons. The summed E-state index contributed by atoms with van der Waals surface area (Å²) in [6, 6.07) is 10.6. The quantitative estimate of drug-likeness (QED) is 0.626. The van der Waals surface area contributed by atoms with Crippen molar-refractivity contribution in [2.45, 2.75) is 12.6 Å². The van der Waals surface area contributed by atoms with Crippen LogP contribution in [-0.4, -0.2) is 30.5 Å². The Hall–Kier alpha value is -2.18. The molecule has 0 aliphatic heterocycles. The predicted octanol–water partition coefficient (Wildman–Crippen LogP) is 2.58. The molecule has 1 unspecified atom stereocenters. The number of rotatable bonds is 7. The number of hydrogen-bond donors (Lipinski definition) is 1. The van der Waals surface area contributed by atoms with Crippen molar-refractivity contribution in [3.63, 3.8) is 0 Å². The number of furan rings is 1. The Labute approximate surface area is 123 Å². The van der Waals surface area contributed by atoms with Crippen LogP contribution in [0.15, 0.2) is 47.1 Å². The van der Waals surface area contributed by atoms with Gasteiger partial charge in [0.25, 0.3) is 5.69 Å². The molecular weight excluding hydrogens is 270 g/mol. The second-order valence-electron chi connectivity index (χ2n) is 5.05. The monoisotopic (exact) mass is 289 g/mol. The number of benzene rings is 1. The highest BCUT2D eigenvalue weighted by molar-refractivity contribution is 5.32. The van der Waals surface area contributed by atoms with Crippen LogP contribution >= 0.6 is 0 Å². The molecule has 0 amide bonds. The number of non-ortho nitro benzene ring substituents is 1. The third-order valence-electron chi connectivity index (χ3n) is 3.31. The second kappa shape index (κ2) is 7.01. The average molecular weight is 289 g/mol. The normalized spacial score (nSPS) is 12.5. The molecule has 1 aromatic heterocycles. The third kappa shape index (κ3) is 4.14. The van der Waals surface area contributed by atoms with Crippen molar-refractivity contribution in [3.05, 3.63) is 64.1 Å². The Balaban J connectivity index is 1.89. The molecule has 6 heteroatoms. The molecule has 0 aliphatic rings. The van der Waals surface area contributed by atoms with Gasteiger partial charge >= 0.3 is 0 Å². The van der Waals surface area contributed by atoms with E-state index in [0.29, 0.717) is 6.54 Å². The predicted molar refractivity (Wildman–Crippen MR) is 79.9 cm³/mol. The highest BCUT2D eigenvalue weighted by Gasteiger charge is 2.16. The molecule has 0 aliphatic carbocycles. The summed E-state index contributed by atoms with van der Waals surface area (Å²) >= 11 is 0. The second-order valence-corrected chi connectivity index (χ2v) is 5.05. The van der Waals surface area contributed by atoms with Crippen LogP contribution in [0.4, 0.5) is 5.69 Å². The first-order chi connectivity index (χ1) is 10.1. The molecule has 1 N–H and O–H groups in total. The van der Waals surface area contributed by atoms with Crippen molar-refractivity contribution >= 4 is 5.69 Å². The molecule has 2 aromatic rings. The molecule has 0 saturated carbocycles. The number of nitrogens with zero attached hydrogens (tertiary/aromatic N) is 2. The zero-order valence-electron chi connectivity index (χ0n) is 12.2. The Morgan fingerprint density at radius 3 is 2.52 bits per heavy atom. The standard InChI is InChI=1S/C15H19N3O3/c1-17(2)14(15-4-3-9-21-15)11-16-10-12-5-7-13(8-6-12)18(19)20/h3-9,14,16H,10-11H2,1-2H3. The molecule has 0 spiro atoms. The summed E-state index contributed by atoms with van der Waals surface area (Å²) in [6.45, 7) is 1.39. The van der Waals surface area contributed by atoms with E-state index in [1.54, 1.807) is 18.4 Å². The summed E-state index contributed by atoms with van der Waals surface area (Å²) in [6.07, 6.45) is 1.67. The van der Waals surface area contributed by atoms with Gasteiger partial charge < -0.3 is 9.73 Å². The highest BCUT2D eigenvalue weighted by Crippen LogP contribution is 2.18. The van der Waals surface area contributed by atoms with Crippen molar-refractivity contribution in [3.8, 4) is 0 Å². The van der Waals surface area contributed by atoms with Crippen molar-refractivity contribution in [2.24, 2.45) is 0 Å². The highest BCUT2D eigenvalue weighted by atomic mass is 16.6. The van der Waals surface area contributed by atoms with Crippen molar-refractivity contribution < 1.29 is 9.34 Å². The molecule has 1 aromatic carbocycles. The number of nitro groups is 1. The number of hydrogen-bond acceptors (Lipinski definition) is 5. The van der Waals surface area contributed by atoms with E-state index in [0.717, 1.165) is 17.9 Å². The van der Waals surface area contributed by atoms with Crippen molar-refractivity contribution in [2.75, 3.05) is 20.6 Å². The van der Waals surface area contributed by atoms with Gasteiger partial charge in [0.1, 0.15) is 5.76 Å². The van der Waals surface area contributed by atoms with Gasteiger partial charge in [0.05, 0.1) is 17.2 Å². The summed E-state index contributed by atoms with van der Waals surface area (Å²) in [5.41, 5.74) is 1.12. The smallest absolute Gasteiger partial charge is 0.269 e. The first-order valence-electron chi connectivity index (χ1n) is 6.72.